The number of hydrogen-bond donors (Lipinski definition) is 0. The fourth-order valence-corrected chi connectivity index (χ4v) is 1.95. The summed E-state index contributed by atoms with van der Waals surface area (Å²) < 4.78 is 24.4. The summed E-state index contributed by atoms with van der Waals surface area (Å²) >= 11 is 5.74. The lowest BCUT2D eigenvalue weighted by Gasteiger charge is -2.13. The van der Waals surface area contributed by atoms with Crippen LogP contribution in [0.15, 0.2) is 36.4 Å². The number of alkyl halides is 1. The lowest BCUT2D eigenvalue weighted by molar-refractivity contribution is -0.384. The van der Waals surface area contributed by atoms with Crippen LogP contribution in [0.5, 0.6) is 17.2 Å². The van der Waals surface area contributed by atoms with Gasteiger partial charge in [0.2, 0.25) is 0 Å². The molecule has 0 spiro atoms. The van der Waals surface area contributed by atoms with Gasteiger partial charge < -0.3 is 9.47 Å². The number of ether oxygens (including phenoxy) is 2. The van der Waals surface area contributed by atoms with Gasteiger partial charge in [-0.05, 0) is 12.1 Å². The average molecular weight is 312 g/mol. The average Bonchev–Trinajstić information content (AvgIpc) is 2.49. The van der Waals surface area contributed by atoms with Crippen LogP contribution >= 0.6 is 11.6 Å². The number of nitro benzene ring substituents is 1. The molecule has 0 aliphatic carbocycles. The lowest BCUT2D eigenvalue weighted by atomic mass is 10.2. The number of nitro groups is 1. The Morgan fingerprint density at radius 2 is 2.05 bits per heavy atom. The molecule has 5 nitrogen and oxygen atoms in total. The molecule has 21 heavy (non-hydrogen) atoms. The summed E-state index contributed by atoms with van der Waals surface area (Å²) in [6, 6.07) is 8.16. The second-order valence-corrected chi connectivity index (χ2v) is 4.32. The number of hydrogen-bond acceptors (Lipinski definition) is 4. The molecule has 0 aliphatic rings. The molecule has 0 unspecified atom stereocenters. The topological polar surface area (TPSA) is 61.6 Å². The highest BCUT2D eigenvalue weighted by Crippen LogP contribution is 2.37. The standard InChI is InChI=1S/C14H11ClFNO4/c1-20-12-6-5-10(17(18)19)7-13(12)21-14-9(8-15)3-2-4-11(14)16/h2-7H,8H2,1H3. The third-order valence-electron chi connectivity index (χ3n) is 2.76. The molecular weight excluding hydrogens is 301 g/mol. The SMILES string of the molecule is COc1ccc([N+](=O)[O-])cc1Oc1c(F)cccc1CCl. The Morgan fingerprint density at radius 3 is 2.67 bits per heavy atom. The van der Waals surface area contributed by atoms with Gasteiger partial charge in [0.15, 0.2) is 23.1 Å². The third-order valence-corrected chi connectivity index (χ3v) is 3.05. The zero-order chi connectivity index (χ0) is 15.4. The van der Waals surface area contributed by atoms with Crippen LogP contribution in [0.4, 0.5) is 10.1 Å². The normalized spacial score (nSPS) is 10.2. The van der Waals surface area contributed by atoms with Crippen molar-refractivity contribution in [3.05, 3.63) is 57.9 Å². The number of rotatable bonds is 5. The number of methoxy groups -OCH3 is 1. The maximum atomic E-state index is 13.9. The first kappa shape index (κ1) is 15.1. The van der Waals surface area contributed by atoms with Gasteiger partial charge in [-0.15, -0.1) is 11.6 Å². The molecule has 0 atom stereocenters. The van der Waals surface area contributed by atoms with Crippen LogP contribution in [0.25, 0.3) is 0 Å². The van der Waals surface area contributed by atoms with Gasteiger partial charge in [-0.1, -0.05) is 12.1 Å². The number of non-ortho nitro benzene ring substituents is 1. The summed E-state index contributed by atoms with van der Waals surface area (Å²) in [7, 11) is 1.39. The van der Waals surface area contributed by atoms with Crippen molar-refractivity contribution in [2.45, 2.75) is 5.88 Å². The first-order valence-corrected chi connectivity index (χ1v) is 6.44. The van der Waals surface area contributed by atoms with E-state index in [1.54, 1.807) is 6.07 Å². The van der Waals surface area contributed by atoms with E-state index in [0.717, 1.165) is 0 Å². The Hall–Kier alpha value is -2.34. The Labute approximate surface area is 125 Å². The maximum Gasteiger partial charge on any atom is 0.273 e. The van der Waals surface area contributed by atoms with Gasteiger partial charge in [-0.2, -0.15) is 0 Å². The molecule has 0 aromatic heterocycles. The van der Waals surface area contributed by atoms with Crippen LogP contribution < -0.4 is 9.47 Å². The number of para-hydroxylation sites is 1. The first-order chi connectivity index (χ1) is 10.1. The van der Waals surface area contributed by atoms with Gasteiger partial charge in [0.1, 0.15) is 0 Å². The van der Waals surface area contributed by atoms with Crippen LogP contribution in [0.3, 0.4) is 0 Å². The Morgan fingerprint density at radius 1 is 1.29 bits per heavy atom. The fourth-order valence-electron chi connectivity index (χ4n) is 1.74. The summed E-state index contributed by atoms with van der Waals surface area (Å²) in [6.07, 6.45) is 0. The van der Waals surface area contributed by atoms with Crippen LogP contribution in [-0.2, 0) is 5.88 Å². The van der Waals surface area contributed by atoms with Crippen molar-refractivity contribution >= 4 is 17.3 Å². The van der Waals surface area contributed by atoms with E-state index < -0.39 is 10.7 Å². The maximum absolute atomic E-state index is 13.9. The van der Waals surface area contributed by atoms with Crippen molar-refractivity contribution in [1.29, 1.82) is 0 Å². The first-order valence-electron chi connectivity index (χ1n) is 5.90. The molecule has 2 aromatic rings. The van der Waals surface area contributed by atoms with Crippen LogP contribution in [0.2, 0.25) is 0 Å². The Kier molecular flexibility index (Phi) is 4.59. The number of benzene rings is 2. The van der Waals surface area contributed by atoms with Gasteiger partial charge >= 0.3 is 0 Å². The molecule has 0 saturated heterocycles. The number of nitrogens with zero attached hydrogens (tertiary/aromatic N) is 1. The monoisotopic (exact) mass is 311 g/mol. The molecule has 0 heterocycles. The largest absolute Gasteiger partial charge is 0.493 e. The van der Waals surface area contributed by atoms with Crippen LogP contribution in [0, 0.1) is 15.9 Å². The molecule has 0 fully saturated rings. The third kappa shape index (κ3) is 3.22. The Bertz CT molecular complexity index is 678. The molecule has 0 radical (unpaired) electrons. The summed E-state index contributed by atoms with van der Waals surface area (Å²) in [4.78, 5) is 10.2. The van der Waals surface area contributed by atoms with E-state index >= 15 is 0 Å². The second-order valence-electron chi connectivity index (χ2n) is 4.06. The van der Waals surface area contributed by atoms with Crippen molar-refractivity contribution < 1.29 is 18.8 Å². The molecule has 0 amide bonds. The smallest absolute Gasteiger partial charge is 0.273 e. The predicted molar refractivity (Wildman–Crippen MR) is 75.7 cm³/mol. The molecule has 0 aliphatic heterocycles. The van der Waals surface area contributed by atoms with E-state index in [9.17, 15) is 14.5 Å². The van der Waals surface area contributed by atoms with E-state index in [1.165, 1.54) is 37.4 Å². The summed E-state index contributed by atoms with van der Waals surface area (Å²) in [5.74, 6) is -0.342. The highest BCUT2D eigenvalue weighted by molar-refractivity contribution is 6.17. The van der Waals surface area contributed by atoms with Crippen molar-refractivity contribution in [3.63, 3.8) is 0 Å². The summed E-state index contributed by atoms with van der Waals surface area (Å²) in [5.41, 5.74) is 0.250. The minimum absolute atomic E-state index is 0.0446. The van der Waals surface area contributed by atoms with Crippen LogP contribution in [-0.4, -0.2) is 12.0 Å². The molecule has 2 rings (SSSR count). The fraction of sp³-hybridized carbons (Fsp3) is 0.143. The van der Waals surface area contributed by atoms with E-state index in [1.807, 2.05) is 0 Å². The highest BCUT2D eigenvalue weighted by atomic mass is 35.5. The molecule has 0 N–H and O–H groups in total. The molecule has 2 aromatic carbocycles. The minimum Gasteiger partial charge on any atom is -0.493 e. The van der Waals surface area contributed by atoms with E-state index in [2.05, 4.69) is 0 Å². The highest BCUT2D eigenvalue weighted by Gasteiger charge is 2.17. The van der Waals surface area contributed by atoms with E-state index in [-0.39, 0.29) is 28.8 Å². The van der Waals surface area contributed by atoms with E-state index in [0.29, 0.717) is 5.56 Å². The predicted octanol–water partition coefficient (Wildman–Crippen LogP) is 4.27. The van der Waals surface area contributed by atoms with Gasteiger partial charge in [-0.3, -0.25) is 10.1 Å². The Balaban J connectivity index is 2.48. The summed E-state index contributed by atoms with van der Waals surface area (Å²) in [5, 5.41) is 10.8. The van der Waals surface area contributed by atoms with Gasteiger partial charge in [0.25, 0.3) is 5.69 Å². The zero-order valence-corrected chi connectivity index (χ0v) is 11.8. The van der Waals surface area contributed by atoms with Crippen molar-refractivity contribution in [2.75, 3.05) is 7.11 Å². The number of halogens is 2. The summed E-state index contributed by atoms with van der Waals surface area (Å²) in [6.45, 7) is 0. The molecular formula is C14H11ClFNO4. The van der Waals surface area contributed by atoms with Crippen LogP contribution in [0.1, 0.15) is 5.56 Å². The molecule has 0 saturated carbocycles. The minimum atomic E-state index is -0.610. The van der Waals surface area contributed by atoms with Gasteiger partial charge in [0.05, 0.1) is 24.0 Å². The molecule has 110 valence electrons. The van der Waals surface area contributed by atoms with E-state index in [4.69, 9.17) is 21.1 Å². The van der Waals surface area contributed by atoms with Crippen molar-refractivity contribution in [1.82, 2.24) is 0 Å². The zero-order valence-electron chi connectivity index (χ0n) is 11.0. The lowest BCUT2D eigenvalue weighted by Crippen LogP contribution is -1.97. The van der Waals surface area contributed by atoms with Gasteiger partial charge in [-0.25, -0.2) is 4.39 Å². The van der Waals surface area contributed by atoms with Crippen molar-refractivity contribution in [3.8, 4) is 17.2 Å². The second kappa shape index (κ2) is 6.41. The molecule has 0 bridgehead atoms. The van der Waals surface area contributed by atoms with Crippen molar-refractivity contribution in [2.24, 2.45) is 0 Å². The molecule has 7 heteroatoms. The quantitative estimate of drug-likeness (QED) is 0.470. The van der Waals surface area contributed by atoms with Gasteiger partial charge in [0, 0.05) is 11.6 Å².